The van der Waals surface area contributed by atoms with Crippen molar-refractivity contribution in [3.05, 3.63) is 17.5 Å². The standard InChI is InChI=1S/C9H13NO3/c1-4-9(2,3)7-6(8(11)12)5-10-13-7/h5H,4H2,1-3H3,(H,11,12). The summed E-state index contributed by atoms with van der Waals surface area (Å²) >= 11 is 0. The van der Waals surface area contributed by atoms with E-state index in [1.54, 1.807) is 0 Å². The van der Waals surface area contributed by atoms with Gasteiger partial charge in [0.05, 0.1) is 6.20 Å². The van der Waals surface area contributed by atoms with E-state index in [0.717, 1.165) is 6.42 Å². The number of aromatic nitrogens is 1. The molecule has 0 atom stereocenters. The first-order valence-electron chi connectivity index (χ1n) is 4.17. The van der Waals surface area contributed by atoms with Crippen molar-refractivity contribution in [1.29, 1.82) is 0 Å². The van der Waals surface area contributed by atoms with Crippen molar-refractivity contribution in [2.24, 2.45) is 0 Å². The highest BCUT2D eigenvalue weighted by atomic mass is 16.5. The third-order valence-electron chi connectivity index (χ3n) is 2.30. The molecule has 72 valence electrons. The molecule has 1 aromatic rings. The van der Waals surface area contributed by atoms with Gasteiger partial charge in [0, 0.05) is 5.41 Å². The fourth-order valence-corrected chi connectivity index (χ4v) is 1.04. The Balaban J connectivity index is 3.14. The topological polar surface area (TPSA) is 63.3 Å². The molecule has 0 fully saturated rings. The zero-order valence-electron chi connectivity index (χ0n) is 8.00. The van der Waals surface area contributed by atoms with Gasteiger partial charge >= 0.3 is 5.97 Å². The average Bonchev–Trinajstić information content (AvgIpc) is 2.52. The van der Waals surface area contributed by atoms with Crippen molar-refractivity contribution in [3.8, 4) is 0 Å². The lowest BCUT2D eigenvalue weighted by Crippen LogP contribution is -2.18. The Morgan fingerprint density at radius 1 is 1.69 bits per heavy atom. The van der Waals surface area contributed by atoms with Gasteiger partial charge in [-0.2, -0.15) is 0 Å². The van der Waals surface area contributed by atoms with Gasteiger partial charge < -0.3 is 9.63 Å². The van der Waals surface area contributed by atoms with Crippen LogP contribution < -0.4 is 0 Å². The summed E-state index contributed by atoms with van der Waals surface area (Å²) in [4.78, 5) is 10.7. The number of carboxylic acid groups (broad SMARTS) is 1. The Labute approximate surface area is 76.5 Å². The van der Waals surface area contributed by atoms with Crippen LogP contribution in [-0.4, -0.2) is 16.2 Å². The summed E-state index contributed by atoms with van der Waals surface area (Å²) < 4.78 is 4.95. The van der Waals surface area contributed by atoms with E-state index in [4.69, 9.17) is 9.63 Å². The smallest absolute Gasteiger partial charge is 0.340 e. The van der Waals surface area contributed by atoms with Crippen LogP contribution in [0.4, 0.5) is 0 Å². The van der Waals surface area contributed by atoms with Crippen LogP contribution in [0, 0.1) is 0 Å². The first-order valence-corrected chi connectivity index (χ1v) is 4.17. The van der Waals surface area contributed by atoms with Crippen LogP contribution in [0.2, 0.25) is 0 Å². The number of hydrogen-bond acceptors (Lipinski definition) is 3. The molecule has 4 heteroatoms. The van der Waals surface area contributed by atoms with Crippen LogP contribution in [0.5, 0.6) is 0 Å². The molecule has 1 N–H and O–H groups in total. The third-order valence-corrected chi connectivity index (χ3v) is 2.30. The zero-order valence-corrected chi connectivity index (χ0v) is 8.00. The van der Waals surface area contributed by atoms with Crippen LogP contribution in [0.25, 0.3) is 0 Å². The van der Waals surface area contributed by atoms with Crippen LogP contribution in [-0.2, 0) is 5.41 Å². The van der Waals surface area contributed by atoms with Crippen LogP contribution in [0.15, 0.2) is 10.7 Å². The molecular formula is C9H13NO3. The van der Waals surface area contributed by atoms with E-state index in [1.807, 2.05) is 20.8 Å². The molecule has 1 aromatic heterocycles. The maximum atomic E-state index is 10.7. The van der Waals surface area contributed by atoms with Crippen molar-refractivity contribution >= 4 is 5.97 Å². The van der Waals surface area contributed by atoms with Crippen LogP contribution in [0.1, 0.15) is 43.3 Å². The summed E-state index contributed by atoms with van der Waals surface area (Å²) in [7, 11) is 0. The summed E-state index contributed by atoms with van der Waals surface area (Å²) in [5, 5.41) is 12.3. The minimum atomic E-state index is -0.988. The first kappa shape index (κ1) is 9.77. The van der Waals surface area contributed by atoms with Gasteiger partial charge in [0.1, 0.15) is 5.56 Å². The van der Waals surface area contributed by atoms with E-state index >= 15 is 0 Å². The maximum absolute atomic E-state index is 10.7. The molecule has 0 aromatic carbocycles. The molecule has 1 rings (SSSR count). The van der Waals surface area contributed by atoms with Gasteiger partial charge in [-0.15, -0.1) is 0 Å². The Bertz CT molecular complexity index is 314. The zero-order chi connectivity index (χ0) is 10.1. The Morgan fingerprint density at radius 3 is 2.77 bits per heavy atom. The average molecular weight is 183 g/mol. The van der Waals surface area contributed by atoms with E-state index in [0.29, 0.717) is 5.76 Å². The SMILES string of the molecule is CCC(C)(C)c1oncc1C(=O)O. The summed E-state index contributed by atoms with van der Waals surface area (Å²) in [5.74, 6) is -0.541. The van der Waals surface area contributed by atoms with Crippen LogP contribution in [0.3, 0.4) is 0 Å². The number of hydrogen-bond donors (Lipinski definition) is 1. The second-order valence-electron chi connectivity index (χ2n) is 3.61. The minimum absolute atomic E-state index is 0.159. The largest absolute Gasteiger partial charge is 0.478 e. The predicted molar refractivity (Wildman–Crippen MR) is 46.8 cm³/mol. The Morgan fingerprint density at radius 2 is 2.31 bits per heavy atom. The third kappa shape index (κ3) is 1.71. The highest BCUT2D eigenvalue weighted by Crippen LogP contribution is 2.29. The van der Waals surface area contributed by atoms with Gasteiger partial charge in [0.2, 0.25) is 0 Å². The molecule has 0 bridgehead atoms. The van der Waals surface area contributed by atoms with Gasteiger partial charge in [-0.25, -0.2) is 4.79 Å². The second kappa shape index (κ2) is 3.20. The van der Waals surface area contributed by atoms with E-state index in [1.165, 1.54) is 6.20 Å². The van der Waals surface area contributed by atoms with E-state index in [2.05, 4.69) is 5.16 Å². The van der Waals surface area contributed by atoms with Crippen LogP contribution >= 0.6 is 0 Å². The minimum Gasteiger partial charge on any atom is -0.478 e. The molecule has 4 nitrogen and oxygen atoms in total. The Hall–Kier alpha value is -1.32. The summed E-state index contributed by atoms with van der Waals surface area (Å²) in [6.45, 7) is 5.84. The molecule has 0 aliphatic carbocycles. The lowest BCUT2D eigenvalue weighted by atomic mass is 9.85. The van der Waals surface area contributed by atoms with Crippen molar-refractivity contribution in [3.63, 3.8) is 0 Å². The van der Waals surface area contributed by atoms with Crippen molar-refractivity contribution in [1.82, 2.24) is 5.16 Å². The monoisotopic (exact) mass is 183 g/mol. The molecule has 0 saturated carbocycles. The normalized spacial score (nSPS) is 11.6. The molecular weight excluding hydrogens is 170 g/mol. The number of rotatable bonds is 3. The summed E-state index contributed by atoms with van der Waals surface area (Å²) in [5.41, 5.74) is -0.114. The number of nitrogens with zero attached hydrogens (tertiary/aromatic N) is 1. The Kier molecular flexibility index (Phi) is 2.40. The molecule has 0 radical (unpaired) electrons. The van der Waals surface area contributed by atoms with Crippen molar-refractivity contribution in [2.45, 2.75) is 32.6 Å². The molecule has 0 aliphatic heterocycles. The molecule has 0 amide bonds. The fourth-order valence-electron chi connectivity index (χ4n) is 1.04. The number of aromatic carboxylic acids is 1. The molecule has 0 aliphatic rings. The van der Waals surface area contributed by atoms with Crippen molar-refractivity contribution < 1.29 is 14.4 Å². The van der Waals surface area contributed by atoms with Crippen molar-refractivity contribution in [2.75, 3.05) is 0 Å². The highest BCUT2D eigenvalue weighted by Gasteiger charge is 2.29. The van der Waals surface area contributed by atoms with Gasteiger partial charge in [0.25, 0.3) is 0 Å². The van der Waals surface area contributed by atoms with Gasteiger partial charge in [-0.1, -0.05) is 25.9 Å². The lowest BCUT2D eigenvalue weighted by Gasteiger charge is -2.18. The van der Waals surface area contributed by atoms with Gasteiger partial charge in [0.15, 0.2) is 5.76 Å². The maximum Gasteiger partial charge on any atom is 0.340 e. The second-order valence-corrected chi connectivity index (χ2v) is 3.61. The fraction of sp³-hybridized carbons (Fsp3) is 0.556. The summed E-state index contributed by atoms with van der Waals surface area (Å²) in [6.07, 6.45) is 2.05. The van der Waals surface area contributed by atoms with E-state index in [-0.39, 0.29) is 11.0 Å². The summed E-state index contributed by atoms with van der Waals surface area (Å²) in [6, 6.07) is 0. The van der Waals surface area contributed by atoms with E-state index < -0.39 is 5.97 Å². The predicted octanol–water partition coefficient (Wildman–Crippen LogP) is 2.06. The number of carbonyl (C=O) groups is 1. The quantitative estimate of drug-likeness (QED) is 0.779. The van der Waals surface area contributed by atoms with Gasteiger partial charge in [-0.3, -0.25) is 0 Å². The molecule has 1 heterocycles. The first-order chi connectivity index (χ1) is 5.99. The molecule has 0 unspecified atom stereocenters. The highest BCUT2D eigenvalue weighted by molar-refractivity contribution is 5.88. The lowest BCUT2D eigenvalue weighted by molar-refractivity contribution is 0.0691. The number of carboxylic acids is 1. The van der Waals surface area contributed by atoms with Gasteiger partial charge in [-0.05, 0) is 6.42 Å². The molecule has 13 heavy (non-hydrogen) atoms. The molecule has 0 spiro atoms. The molecule has 0 saturated heterocycles. The van der Waals surface area contributed by atoms with E-state index in [9.17, 15) is 4.79 Å².